The summed E-state index contributed by atoms with van der Waals surface area (Å²) in [4.78, 5) is 22.5. The number of amides is 2. The van der Waals surface area contributed by atoms with Gasteiger partial charge < -0.3 is 5.73 Å². The molecule has 0 saturated carbocycles. The molecule has 0 saturated heterocycles. The highest BCUT2D eigenvalue weighted by molar-refractivity contribution is 6.24. The van der Waals surface area contributed by atoms with E-state index in [9.17, 15) is 9.59 Å². The van der Waals surface area contributed by atoms with Gasteiger partial charge in [-0.1, -0.05) is 6.07 Å². The molecule has 0 spiro atoms. The topological polar surface area (TPSA) is 72.2 Å². The van der Waals surface area contributed by atoms with Crippen molar-refractivity contribution in [2.45, 2.75) is 6.92 Å². The standard InChI is InChI=1S/C9H8N2O2/c1-4-2-3-5(10)7-6(4)8(12)11-9(7)13/h2-3H,10H2,1H3,(H,11,12,13). The van der Waals surface area contributed by atoms with E-state index < -0.39 is 5.91 Å². The van der Waals surface area contributed by atoms with Crippen LogP contribution in [0, 0.1) is 6.92 Å². The largest absolute Gasteiger partial charge is 0.398 e. The van der Waals surface area contributed by atoms with Crippen molar-refractivity contribution >= 4 is 17.5 Å². The maximum absolute atomic E-state index is 11.3. The zero-order chi connectivity index (χ0) is 9.59. The van der Waals surface area contributed by atoms with Crippen molar-refractivity contribution in [3.05, 3.63) is 28.8 Å². The average Bonchev–Trinajstić information content (AvgIpc) is 2.36. The number of benzene rings is 1. The summed E-state index contributed by atoms with van der Waals surface area (Å²) < 4.78 is 0. The second-order valence-corrected chi connectivity index (χ2v) is 3.00. The predicted molar refractivity (Wildman–Crippen MR) is 47.4 cm³/mol. The summed E-state index contributed by atoms with van der Waals surface area (Å²) in [5.74, 6) is -0.758. The fourth-order valence-corrected chi connectivity index (χ4v) is 1.49. The molecule has 1 aromatic rings. The van der Waals surface area contributed by atoms with Crippen molar-refractivity contribution in [1.82, 2.24) is 5.32 Å². The maximum Gasteiger partial charge on any atom is 0.261 e. The van der Waals surface area contributed by atoms with Gasteiger partial charge in [0.1, 0.15) is 0 Å². The first-order valence-corrected chi connectivity index (χ1v) is 3.86. The number of nitrogens with two attached hydrogens (primary N) is 1. The number of carbonyl (C=O) groups excluding carboxylic acids is 2. The number of rotatable bonds is 0. The molecule has 0 fully saturated rings. The van der Waals surface area contributed by atoms with E-state index in [0.717, 1.165) is 5.56 Å². The average molecular weight is 176 g/mol. The van der Waals surface area contributed by atoms with E-state index in [0.29, 0.717) is 16.8 Å². The molecule has 0 aliphatic carbocycles. The van der Waals surface area contributed by atoms with Crippen LogP contribution in [0.3, 0.4) is 0 Å². The SMILES string of the molecule is Cc1ccc(N)c2c1C(=O)NC2=O. The molecule has 1 heterocycles. The molecule has 2 rings (SSSR count). The van der Waals surface area contributed by atoms with Gasteiger partial charge in [0.25, 0.3) is 11.8 Å². The van der Waals surface area contributed by atoms with Crippen LogP contribution < -0.4 is 11.1 Å². The number of hydrogen-bond acceptors (Lipinski definition) is 3. The van der Waals surface area contributed by atoms with Crippen LogP contribution in [0.2, 0.25) is 0 Å². The van der Waals surface area contributed by atoms with Crippen LogP contribution in [0.4, 0.5) is 5.69 Å². The molecule has 0 unspecified atom stereocenters. The summed E-state index contributed by atoms with van der Waals surface area (Å²) in [6.45, 7) is 1.77. The third-order valence-electron chi connectivity index (χ3n) is 2.13. The molecule has 0 atom stereocenters. The van der Waals surface area contributed by atoms with E-state index >= 15 is 0 Å². The summed E-state index contributed by atoms with van der Waals surface area (Å²) in [6.07, 6.45) is 0. The fraction of sp³-hybridized carbons (Fsp3) is 0.111. The Hall–Kier alpha value is -1.84. The molecular weight excluding hydrogens is 168 g/mol. The second-order valence-electron chi connectivity index (χ2n) is 3.00. The maximum atomic E-state index is 11.3. The molecule has 0 aromatic heterocycles. The van der Waals surface area contributed by atoms with Crippen LogP contribution in [-0.2, 0) is 0 Å². The highest BCUT2D eigenvalue weighted by Gasteiger charge is 2.30. The van der Waals surface area contributed by atoms with Gasteiger partial charge in [-0.25, -0.2) is 0 Å². The van der Waals surface area contributed by atoms with Crippen molar-refractivity contribution in [2.75, 3.05) is 5.73 Å². The summed E-state index contributed by atoms with van der Waals surface area (Å²) in [7, 11) is 0. The minimum atomic E-state index is -0.402. The minimum Gasteiger partial charge on any atom is -0.398 e. The highest BCUT2D eigenvalue weighted by atomic mass is 16.2. The van der Waals surface area contributed by atoms with Crippen LogP contribution >= 0.6 is 0 Å². The monoisotopic (exact) mass is 176 g/mol. The summed E-state index contributed by atoms with van der Waals surface area (Å²) in [5.41, 5.74) is 7.42. The fourth-order valence-electron chi connectivity index (χ4n) is 1.49. The molecule has 13 heavy (non-hydrogen) atoms. The molecule has 1 aliphatic heterocycles. The van der Waals surface area contributed by atoms with Gasteiger partial charge in [0.15, 0.2) is 0 Å². The molecular formula is C9H8N2O2. The number of fused-ring (bicyclic) bond motifs is 1. The number of anilines is 1. The van der Waals surface area contributed by atoms with Gasteiger partial charge >= 0.3 is 0 Å². The van der Waals surface area contributed by atoms with Crippen molar-refractivity contribution in [1.29, 1.82) is 0 Å². The number of nitrogen functional groups attached to an aromatic ring is 1. The van der Waals surface area contributed by atoms with E-state index in [-0.39, 0.29) is 5.91 Å². The molecule has 1 aromatic carbocycles. The van der Waals surface area contributed by atoms with Crippen LogP contribution in [0.5, 0.6) is 0 Å². The molecule has 1 aliphatic rings. The number of nitrogens with one attached hydrogen (secondary N) is 1. The second kappa shape index (κ2) is 2.32. The third kappa shape index (κ3) is 0.917. The zero-order valence-electron chi connectivity index (χ0n) is 7.05. The Balaban J connectivity index is 2.81. The van der Waals surface area contributed by atoms with Crippen LogP contribution in [0.25, 0.3) is 0 Å². The van der Waals surface area contributed by atoms with Gasteiger partial charge in [-0.2, -0.15) is 0 Å². The number of hydrogen-bond donors (Lipinski definition) is 2. The van der Waals surface area contributed by atoms with Crippen molar-refractivity contribution < 1.29 is 9.59 Å². The Morgan fingerprint density at radius 1 is 1.15 bits per heavy atom. The highest BCUT2D eigenvalue weighted by Crippen LogP contribution is 2.24. The number of aryl methyl sites for hydroxylation is 1. The van der Waals surface area contributed by atoms with Crippen molar-refractivity contribution in [2.24, 2.45) is 0 Å². The van der Waals surface area contributed by atoms with Crippen molar-refractivity contribution in [3.63, 3.8) is 0 Å². The van der Waals surface area contributed by atoms with E-state index in [1.807, 2.05) is 0 Å². The lowest BCUT2D eigenvalue weighted by molar-refractivity contribution is 0.0880. The predicted octanol–water partition coefficient (Wildman–Crippen LogP) is 0.461. The molecule has 4 nitrogen and oxygen atoms in total. The van der Waals surface area contributed by atoms with Gasteiger partial charge in [-0.15, -0.1) is 0 Å². The lowest BCUT2D eigenvalue weighted by Crippen LogP contribution is -2.20. The van der Waals surface area contributed by atoms with Crippen LogP contribution in [0.1, 0.15) is 26.3 Å². The first kappa shape index (κ1) is 7.79. The summed E-state index contributed by atoms with van der Waals surface area (Å²) in [6, 6.07) is 3.36. The van der Waals surface area contributed by atoms with E-state index in [1.165, 1.54) is 0 Å². The Morgan fingerprint density at radius 2 is 1.77 bits per heavy atom. The molecule has 2 amide bonds. The van der Waals surface area contributed by atoms with Gasteiger partial charge in [0.05, 0.1) is 11.1 Å². The van der Waals surface area contributed by atoms with Gasteiger partial charge in [-0.3, -0.25) is 14.9 Å². The molecule has 4 heteroatoms. The van der Waals surface area contributed by atoms with Crippen LogP contribution in [-0.4, -0.2) is 11.8 Å². The lowest BCUT2D eigenvalue weighted by atomic mass is 10.0. The summed E-state index contributed by atoms with van der Waals surface area (Å²) >= 11 is 0. The van der Waals surface area contributed by atoms with E-state index in [1.54, 1.807) is 19.1 Å². The van der Waals surface area contributed by atoms with Crippen LogP contribution in [0.15, 0.2) is 12.1 Å². The normalized spacial score (nSPS) is 14.2. The Kier molecular flexibility index (Phi) is 1.39. The molecule has 3 N–H and O–H groups in total. The first-order chi connectivity index (χ1) is 6.11. The molecule has 0 bridgehead atoms. The first-order valence-electron chi connectivity index (χ1n) is 3.86. The summed E-state index contributed by atoms with van der Waals surface area (Å²) in [5, 5.41) is 2.21. The quantitative estimate of drug-likeness (QED) is 0.445. The molecule has 0 radical (unpaired) electrons. The van der Waals surface area contributed by atoms with Crippen molar-refractivity contribution in [3.8, 4) is 0 Å². The zero-order valence-corrected chi connectivity index (χ0v) is 7.05. The smallest absolute Gasteiger partial charge is 0.261 e. The van der Waals surface area contributed by atoms with Gasteiger partial charge in [0.2, 0.25) is 0 Å². The van der Waals surface area contributed by atoms with Gasteiger partial charge in [-0.05, 0) is 18.6 Å². The lowest BCUT2D eigenvalue weighted by Gasteiger charge is -2.01. The molecule has 66 valence electrons. The Morgan fingerprint density at radius 3 is 2.38 bits per heavy atom. The third-order valence-corrected chi connectivity index (χ3v) is 2.13. The number of carbonyl (C=O) groups is 2. The Bertz CT molecular complexity index is 385. The van der Waals surface area contributed by atoms with E-state index in [2.05, 4.69) is 5.32 Å². The minimum absolute atomic E-state index is 0.310. The van der Waals surface area contributed by atoms with E-state index in [4.69, 9.17) is 5.73 Å². The van der Waals surface area contributed by atoms with Gasteiger partial charge in [0, 0.05) is 5.69 Å². The number of imide groups is 1. The Labute approximate surface area is 74.7 Å².